The van der Waals surface area contributed by atoms with Crippen molar-refractivity contribution in [3.05, 3.63) is 0 Å². The number of likely N-dealkylation sites (N-methyl/N-ethyl adjacent to an activating group) is 1. The Balaban J connectivity index is 0.000000437. The van der Waals surface area contributed by atoms with Crippen molar-refractivity contribution in [1.82, 2.24) is 9.80 Å². The standard InChI is InChI=1S/C12H24N2.C3H8/c1-10-6-11(2)8-14(7-10)12-4-5-13(3)9-12;1-3-2/h10-12H,4-9H2,1-3H3;3H2,1-2H3. The predicted molar refractivity (Wildman–Crippen MR) is 76.4 cm³/mol. The van der Waals surface area contributed by atoms with E-state index < -0.39 is 0 Å². The molecule has 0 saturated carbocycles. The van der Waals surface area contributed by atoms with Gasteiger partial charge < -0.3 is 4.90 Å². The second-order valence-electron chi connectivity index (χ2n) is 6.31. The van der Waals surface area contributed by atoms with Gasteiger partial charge in [-0.3, -0.25) is 4.90 Å². The Morgan fingerprint density at radius 2 is 1.53 bits per heavy atom. The first-order chi connectivity index (χ1) is 8.06. The van der Waals surface area contributed by atoms with E-state index in [1.165, 1.54) is 45.4 Å². The van der Waals surface area contributed by atoms with Gasteiger partial charge in [0.15, 0.2) is 0 Å². The summed E-state index contributed by atoms with van der Waals surface area (Å²) in [6.07, 6.45) is 4.06. The molecule has 2 heteroatoms. The van der Waals surface area contributed by atoms with Crippen molar-refractivity contribution >= 4 is 0 Å². The topological polar surface area (TPSA) is 6.48 Å². The Morgan fingerprint density at radius 1 is 1.00 bits per heavy atom. The average molecular weight is 240 g/mol. The summed E-state index contributed by atoms with van der Waals surface area (Å²) in [7, 11) is 2.25. The molecule has 17 heavy (non-hydrogen) atoms. The first-order valence-electron chi connectivity index (χ1n) is 7.49. The molecule has 3 unspecified atom stereocenters. The molecule has 0 amide bonds. The van der Waals surface area contributed by atoms with Crippen molar-refractivity contribution in [2.24, 2.45) is 11.8 Å². The molecule has 2 aliphatic heterocycles. The minimum atomic E-state index is 0.852. The highest BCUT2D eigenvalue weighted by Crippen LogP contribution is 2.25. The minimum Gasteiger partial charge on any atom is -0.305 e. The largest absolute Gasteiger partial charge is 0.305 e. The van der Waals surface area contributed by atoms with Gasteiger partial charge in [0, 0.05) is 25.7 Å². The first kappa shape index (κ1) is 15.0. The summed E-state index contributed by atoms with van der Waals surface area (Å²) < 4.78 is 0. The summed E-state index contributed by atoms with van der Waals surface area (Å²) in [6.45, 7) is 14.3. The molecule has 2 aliphatic rings. The van der Waals surface area contributed by atoms with E-state index in [0.29, 0.717) is 0 Å². The minimum absolute atomic E-state index is 0.852. The van der Waals surface area contributed by atoms with E-state index in [1.807, 2.05) is 0 Å². The summed E-state index contributed by atoms with van der Waals surface area (Å²) >= 11 is 0. The van der Waals surface area contributed by atoms with Crippen LogP contribution in [-0.4, -0.2) is 49.1 Å². The number of rotatable bonds is 1. The fraction of sp³-hybridized carbons (Fsp3) is 1.00. The predicted octanol–water partition coefficient (Wildman–Crippen LogP) is 3.08. The third kappa shape index (κ3) is 4.97. The highest BCUT2D eigenvalue weighted by molar-refractivity contribution is 4.86. The van der Waals surface area contributed by atoms with Crippen LogP contribution >= 0.6 is 0 Å². The second kappa shape index (κ2) is 7.38. The molecule has 0 bridgehead atoms. The maximum atomic E-state index is 2.74. The smallest absolute Gasteiger partial charge is 0.0235 e. The lowest BCUT2D eigenvalue weighted by molar-refractivity contribution is 0.0989. The highest BCUT2D eigenvalue weighted by atomic mass is 15.2. The molecule has 0 aromatic rings. The summed E-state index contributed by atoms with van der Waals surface area (Å²) in [5, 5.41) is 0. The van der Waals surface area contributed by atoms with E-state index in [4.69, 9.17) is 0 Å². The van der Waals surface area contributed by atoms with E-state index in [1.54, 1.807) is 0 Å². The van der Waals surface area contributed by atoms with Crippen LogP contribution in [-0.2, 0) is 0 Å². The Bertz CT molecular complexity index is 195. The van der Waals surface area contributed by atoms with Gasteiger partial charge >= 0.3 is 0 Å². The van der Waals surface area contributed by atoms with Crippen molar-refractivity contribution in [1.29, 1.82) is 0 Å². The highest BCUT2D eigenvalue weighted by Gasteiger charge is 2.30. The van der Waals surface area contributed by atoms with Crippen molar-refractivity contribution in [2.45, 2.75) is 53.0 Å². The van der Waals surface area contributed by atoms with Gasteiger partial charge in [-0.2, -0.15) is 0 Å². The molecular formula is C15H32N2. The molecule has 0 aromatic heterocycles. The van der Waals surface area contributed by atoms with E-state index >= 15 is 0 Å². The molecule has 2 nitrogen and oxygen atoms in total. The molecule has 2 saturated heterocycles. The lowest BCUT2D eigenvalue weighted by Crippen LogP contribution is -2.46. The SMILES string of the molecule is CC1CC(C)CN(C2CCN(C)C2)C1.CCC. The van der Waals surface area contributed by atoms with Crippen molar-refractivity contribution < 1.29 is 0 Å². The van der Waals surface area contributed by atoms with Crippen LogP contribution in [0.3, 0.4) is 0 Å². The Hall–Kier alpha value is -0.0800. The third-order valence-corrected chi connectivity index (χ3v) is 3.78. The Kier molecular flexibility index (Phi) is 6.50. The maximum absolute atomic E-state index is 2.74. The van der Waals surface area contributed by atoms with Crippen LogP contribution in [0.4, 0.5) is 0 Å². The fourth-order valence-corrected chi connectivity index (χ4v) is 3.22. The fourth-order valence-electron chi connectivity index (χ4n) is 3.22. The summed E-state index contributed by atoms with van der Waals surface area (Å²) in [5.41, 5.74) is 0. The van der Waals surface area contributed by atoms with Gasteiger partial charge in [-0.1, -0.05) is 34.1 Å². The van der Waals surface area contributed by atoms with Crippen LogP contribution in [0.5, 0.6) is 0 Å². The molecule has 0 aromatic carbocycles. The molecule has 0 N–H and O–H groups in total. The van der Waals surface area contributed by atoms with E-state index in [-0.39, 0.29) is 0 Å². The van der Waals surface area contributed by atoms with Gasteiger partial charge in [-0.05, 0) is 38.3 Å². The Morgan fingerprint density at radius 3 is 1.94 bits per heavy atom. The summed E-state index contributed by atoms with van der Waals surface area (Å²) in [5.74, 6) is 1.81. The van der Waals surface area contributed by atoms with Crippen molar-refractivity contribution in [3.63, 3.8) is 0 Å². The molecule has 102 valence electrons. The number of likely N-dealkylation sites (tertiary alicyclic amines) is 2. The summed E-state index contributed by atoms with van der Waals surface area (Å²) in [4.78, 5) is 5.21. The van der Waals surface area contributed by atoms with Crippen LogP contribution in [0.2, 0.25) is 0 Å². The van der Waals surface area contributed by atoms with Gasteiger partial charge in [0.05, 0.1) is 0 Å². The zero-order valence-electron chi connectivity index (χ0n) is 12.6. The van der Waals surface area contributed by atoms with Crippen LogP contribution in [0.1, 0.15) is 47.0 Å². The second-order valence-corrected chi connectivity index (χ2v) is 6.31. The molecule has 2 fully saturated rings. The Labute approximate surface area is 108 Å². The molecule has 0 aliphatic carbocycles. The molecular weight excluding hydrogens is 208 g/mol. The van der Waals surface area contributed by atoms with Crippen LogP contribution in [0, 0.1) is 11.8 Å². The van der Waals surface area contributed by atoms with E-state index in [9.17, 15) is 0 Å². The quantitative estimate of drug-likeness (QED) is 0.695. The molecule has 0 spiro atoms. The average Bonchev–Trinajstić information content (AvgIpc) is 2.64. The lowest BCUT2D eigenvalue weighted by Gasteiger charge is -2.38. The van der Waals surface area contributed by atoms with Crippen molar-refractivity contribution in [2.75, 3.05) is 33.2 Å². The number of piperidine rings is 1. The van der Waals surface area contributed by atoms with E-state index in [2.05, 4.69) is 44.5 Å². The van der Waals surface area contributed by atoms with Gasteiger partial charge in [0.1, 0.15) is 0 Å². The van der Waals surface area contributed by atoms with Crippen molar-refractivity contribution in [3.8, 4) is 0 Å². The molecule has 3 atom stereocenters. The zero-order chi connectivity index (χ0) is 12.8. The molecule has 2 heterocycles. The number of hydrogen-bond donors (Lipinski definition) is 0. The summed E-state index contributed by atoms with van der Waals surface area (Å²) in [6, 6.07) is 0.852. The van der Waals surface area contributed by atoms with Gasteiger partial charge in [-0.15, -0.1) is 0 Å². The van der Waals surface area contributed by atoms with Gasteiger partial charge in [-0.25, -0.2) is 0 Å². The molecule has 2 rings (SSSR count). The normalized spacial score (nSPS) is 35.5. The monoisotopic (exact) mass is 240 g/mol. The lowest BCUT2D eigenvalue weighted by atomic mass is 9.91. The van der Waals surface area contributed by atoms with Crippen LogP contribution < -0.4 is 0 Å². The number of nitrogens with zero attached hydrogens (tertiary/aromatic N) is 2. The first-order valence-corrected chi connectivity index (χ1v) is 7.49. The van der Waals surface area contributed by atoms with Crippen LogP contribution in [0.15, 0.2) is 0 Å². The van der Waals surface area contributed by atoms with E-state index in [0.717, 1.165) is 17.9 Å². The van der Waals surface area contributed by atoms with Gasteiger partial charge in [0.25, 0.3) is 0 Å². The zero-order valence-corrected chi connectivity index (χ0v) is 12.6. The van der Waals surface area contributed by atoms with Crippen LogP contribution in [0.25, 0.3) is 0 Å². The third-order valence-electron chi connectivity index (χ3n) is 3.78. The number of hydrogen-bond acceptors (Lipinski definition) is 2. The van der Waals surface area contributed by atoms with Gasteiger partial charge in [0.2, 0.25) is 0 Å². The maximum Gasteiger partial charge on any atom is 0.0235 e. The molecule has 0 radical (unpaired) electrons.